The maximum absolute atomic E-state index is 12.6. The van der Waals surface area contributed by atoms with Gasteiger partial charge in [0.25, 0.3) is 5.91 Å². The van der Waals surface area contributed by atoms with Crippen molar-refractivity contribution in [2.45, 2.75) is 13.3 Å². The largest absolute Gasteiger partial charge is 0.478 e. The summed E-state index contributed by atoms with van der Waals surface area (Å²) in [5, 5.41) is 10.9. The molecule has 0 aliphatic carbocycles. The van der Waals surface area contributed by atoms with Crippen molar-refractivity contribution in [2.75, 3.05) is 37.7 Å². The molecule has 1 saturated heterocycles. The lowest BCUT2D eigenvalue weighted by molar-refractivity contribution is 0.0750. The Labute approximate surface area is 150 Å². The van der Waals surface area contributed by atoms with E-state index in [9.17, 15) is 4.79 Å². The average molecular weight is 357 g/mol. The van der Waals surface area contributed by atoms with Gasteiger partial charge in [-0.25, -0.2) is 4.98 Å². The van der Waals surface area contributed by atoms with Crippen LogP contribution < -0.4 is 9.64 Å². The lowest BCUT2D eigenvalue weighted by Gasteiger charge is -2.34. The zero-order valence-electron chi connectivity index (χ0n) is 14.0. The predicted molar refractivity (Wildman–Crippen MR) is 95.0 cm³/mol. The summed E-state index contributed by atoms with van der Waals surface area (Å²) in [6, 6.07) is 5.51. The number of hydrogen-bond donors (Lipinski definition) is 0. The smallest absolute Gasteiger partial charge is 0.265 e. The third kappa shape index (κ3) is 3.88. The average Bonchev–Trinajstić information content (AvgIpc) is 3.15. The first-order valence-electron chi connectivity index (χ1n) is 8.20. The summed E-state index contributed by atoms with van der Waals surface area (Å²) in [6.07, 6.45) is 2.61. The van der Waals surface area contributed by atoms with Crippen LogP contribution in [-0.4, -0.2) is 53.6 Å². The van der Waals surface area contributed by atoms with E-state index in [-0.39, 0.29) is 5.91 Å². The number of nitrogens with zero attached hydrogens (tertiary/aromatic N) is 5. The Balaban J connectivity index is 1.62. The van der Waals surface area contributed by atoms with Crippen LogP contribution in [-0.2, 0) is 0 Å². The molecule has 0 spiro atoms. The highest BCUT2D eigenvalue weighted by molar-refractivity contribution is 7.12. The molecule has 2 aromatic rings. The van der Waals surface area contributed by atoms with Crippen molar-refractivity contribution in [2.24, 2.45) is 0 Å². The Morgan fingerprint density at radius 2 is 2.16 bits per heavy atom. The van der Waals surface area contributed by atoms with Crippen LogP contribution >= 0.6 is 11.3 Å². The lowest BCUT2D eigenvalue weighted by Crippen LogP contribution is -2.49. The molecule has 0 N–H and O–H groups in total. The molecule has 8 heteroatoms. The minimum atomic E-state index is -0.0767. The van der Waals surface area contributed by atoms with Crippen LogP contribution in [0.3, 0.4) is 0 Å². The summed E-state index contributed by atoms with van der Waals surface area (Å²) in [5.74, 6) is 1.12. The van der Waals surface area contributed by atoms with Crippen molar-refractivity contribution in [3.8, 4) is 11.9 Å². The number of carbonyl (C=O) groups excluding carboxylic acids is 1. The Morgan fingerprint density at radius 3 is 2.88 bits per heavy atom. The highest BCUT2D eigenvalue weighted by atomic mass is 32.1. The van der Waals surface area contributed by atoms with Gasteiger partial charge in [0.05, 0.1) is 12.2 Å². The van der Waals surface area contributed by atoms with Gasteiger partial charge >= 0.3 is 0 Å². The summed E-state index contributed by atoms with van der Waals surface area (Å²) in [7, 11) is 0. The number of carbonyl (C=O) groups is 1. The fourth-order valence-electron chi connectivity index (χ4n) is 2.59. The van der Waals surface area contributed by atoms with Crippen molar-refractivity contribution >= 4 is 23.2 Å². The van der Waals surface area contributed by atoms with Gasteiger partial charge in [0, 0.05) is 38.4 Å². The zero-order valence-corrected chi connectivity index (χ0v) is 14.8. The maximum atomic E-state index is 12.6. The highest BCUT2D eigenvalue weighted by Crippen LogP contribution is 2.20. The molecular formula is C17H19N5O2S. The Kier molecular flexibility index (Phi) is 5.46. The number of amides is 1. The van der Waals surface area contributed by atoms with E-state index in [1.807, 2.05) is 11.8 Å². The van der Waals surface area contributed by atoms with Crippen molar-refractivity contribution in [1.29, 1.82) is 5.26 Å². The molecule has 0 radical (unpaired) electrons. The van der Waals surface area contributed by atoms with Gasteiger partial charge in [-0.15, -0.1) is 11.3 Å². The molecule has 0 unspecified atom stereocenters. The molecule has 0 atom stereocenters. The Bertz CT molecular complexity index is 777. The van der Waals surface area contributed by atoms with Crippen molar-refractivity contribution in [3.63, 3.8) is 0 Å². The summed E-state index contributed by atoms with van der Waals surface area (Å²) >= 11 is 1.31. The van der Waals surface area contributed by atoms with Gasteiger partial charge < -0.3 is 14.5 Å². The van der Waals surface area contributed by atoms with Crippen LogP contribution in [0.1, 0.15) is 28.6 Å². The molecule has 0 saturated carbocycles. The van der Waals surface area contributed by atoms with Crippen molar-refractivity contribution in [3.05, 3.63) is 34.2 Å². The van der Waals surface area contributed by atoms with Gasteiger partial charge in [-0.2, -0.15) is 10.2 Å². The molecule has 0 aromatic carbocycles. The van der Waals surface area contributed by atoms with Crippen LogP contribution in [0, 0.1) is 11.3 Å². The summed E-state index contributed by atoms with van der Waals surface area (Å²) in [6.45, 7) is 5.12. The summed E-state index contributed by atoms with van der Waals surface area (Å²) < 4.78 is 5.55. The van der Waals surface area contributed by atoms with E-state index in [0.717, 1.165) is 6.42 Å². The molecule has 1 fully saturated rings. The first kappa shape index (κ1) is 17.2. The number of anilines is 1. The fourth-order valence-corrected chi connectivity index (χ4v) is 3.40. The molecule has 1 amide bonds. The minimum absolute atomic E-state index is 0.0767. The Morgan fingerprint density at radius 1 is 1.36 bits per heavy atom. The standard InChI is InChI=1S/C17H19N5O2S/c1-2-10-24-14-3-5-19-17(20-14)22-8-6-21(7-9-22)16(23)15-13(12-18)4-11-25-15/h3-5,11H,2,6-10H2,1H3. The van der Waals surface area contributed by atoms with Crippen LogP contribution in [0.2, 0.25) is 0 Å². The molecule has 130 valence electrons. The molecule has 3 rings (SSSR count). The van der Waals surface area contributed by atoms with Gasteiger partial charge in [0.15, 0.2) is 0 Å². The van der Waals surface area contributed by atoms with Crippen LogP contribution in [0.5, 0.6) is 5.88 Å². The van der Waals surface area contributed by atoms with E-state index in [0.29, 0.717) is 55.1 Å². The lowest BCUT2D eigenvalue weighted by atomic mass is 10.2. The van der Waals surface area contributed by atoms with Gasteiger partial charge in [-0.1, -0.05) is 6.92 Å². The number of thiophene rings is 1. The zero-order chi connectivity index (χ0) is 17.6. The predicted octanol–water partition coefficient (Wildman–Crippen LogP) is 2.16. The first-order chi connectivity index (χ1) is 12.2. The molecule has 7 nitrogen and oxygen atoms in total. The second kappa shape index (κ2) is 7.94. The highest BCUT2D eigenvalue weighted by Gasteiger charge is 2.25. The normalized spacial score (nSPS) is 14.2. The molecular weight excluding hydrogens is 338 g/mol. The Hall–Kier alpha value is -2.66. The molecule has 2 aromatic heterocycles. The molecule has 0 bridgehead atoms. The molecule has 25 heavy (non-hydrogen) atoms. The van der Waals surface area contributed by atoms with E-state index >= 15 is 0 Å². The quantitative estimate of drug-likeness (QED) is 0.815. The van der Waals surface area contributed by atoms with Crippen LogP contribution in [0.15, 0.2) is 23.7 Å². The van der Waals surface area contributed by atoms with Gasteiger partial charge in [0.1, 0.15) is 10.9 Å². The number of piperazine rings is 1. The second-order valence-corrected chi connectivity index (χ2v) is 6.51. The maximum Gasteiger partial charge on any atom is 0.265 e. The van der Waals surface area contributed by atoms with Crippen LogP contribution in [0.25, 0.3) is 0 Å². The SMILES string of the molecule is CCCOc1ccnc(N2CCN(C(=O)c3sccc3C#N)CC2)n1. The van der Waals surface area contributed by atoms with Gasteiger partial charge in [-0.05, 0) is 17.9 Å². The van der Waals surface area contributed by atoms with E-state index in [4.69, 9.17) is 10.00 Å². The minimum Gasteiger partial charge on any atom is -0.478 e. The fraction of sp³-hybridized carbons (Fsp3) is 0.412. The second-order valence-electron chi connectivity index (χ2n) is 5.60. The van der Waals surface area contributed by atoms with Crippen molar-refractivity contribution in [1.82, 2.24) is 14.9 Å². The third-order valence-corrected chi connectivity index (χ3v) is 4.80. The summed E-state index contributed by atoms with van der Waals surface area (Å²) in [5.41, 5.74) is 0.446. The monoisotopic (exact) mass is 357 g/mol. The van der Waals surface area contributed by atoms with E-state index in [1.54, 1.807) is 28.6 Å². The summed E-state index contributed by atoms with van der Waals surface area (Å²) in [4.78, 5) is 25.6. The van der Waals surface area contributed by atoms with E-state index in [2.05, 4.69) is 16.0 Å². The number of hydrogen-bond acceptors (Lipinski definition) is 7. The number of ether oxygens (including phenoxy) is 1. The first-order valence-corrected chi connectivity index (χ1v) is 9.08. The molecule has 1 aliphatic rings. The number of rotatable bonds is 5. The number of nitriles is 1. The van der Waals surface area contributed by atoms with Crippen LogP contribution in [0.4, 0.5) is 5.95 Å². The third-order valence-electron chi connectivity index (χ3n) is 3.90. The van der Waals surface area contributed by atoms with Crippen molar-refractivity contribution < 1.29 is 9.53 Å². The molecule has 3 heterocycles. The van der Waals surface area contributed by atoms with Gasteiger partial charge in [0.2, 0.25) is 11.8 Å². The van der Waals surface area contributed by atoms with Gasteiger partial charge in [-0.3, -0.25) is 4.79 Å². The topological polar surface area (TPSA) is 82.4 Å². The van der Waals surface area contributed by atoms with E-state index in [1.165, 1.54) is 11.3 Å². The number of aromatic nitrogens is 2. The van der Waals surface area contributed by atoms with E-state index < -0.39 is 0 Å². The molecule has 1 aliphatic heterocycles.